The summed E-state index contributed by atoms with van der Waals surface area (Å²) < 4.78 is 17.7. The van der Waals surface area contributed by atoms with Crippen molar-refractivity contribution in [1.82, 2.24) is 18.7 Å². The first-order valence-corrected chi connectivity index (χ1v) is 9.62. The Bertz CT molecular complexity index is 1310. The lowest BCUT2D eigenvalue weighted by Gasteiger charge is -2.29. The van der Waals surface area contributed by atoms with Crippen molar-refractivity contribution in [1.29, 1.82) is 0 Å². The highest BCUT2D eigenvalue weighted by Crippen LogP contribution is 2.30. The fourth-order valence-electron chi connectivity index (χ4n) is 3.66. The number of anilines is 1. The molecule has 3 heterocycles. The fourth-order valence-corrected chi connectivity index (χ4v) is 3.66. The van der Waals surface area contributed by atoms with E-state index < -0.39 is 11.2 Å². The molecule has 1 aliphatic heterocycles. The lowest BCUT2D eigenvalue weighted by atomic mass is 10.2. The third kappa shape index (κ3) is 3.06. The van der Waals surface area contributed by atoms with E-state index >= 15 is 0 Å². The number of imidazole rings is 1. The Hall–Kier alpha value is -3.49. The van der Waals surface area contributed by atoms with E-state index in [1.807, 2.05) is 18.4 Å². The zero-order chi connectivity index (χ0) is 21.7. The van der Waals surface area contributed by atoms with Crippen LogP contribution in [0.1, 0.15) is 32.4 Å². The molecule has 1 aliphatic rings. The van der Waals surface area contributed by atoms with Gasteiger partial charge in [0, 0.05) is 7.05 Å². The number of hydrogen-bond donors (Lipinski definition) is 0. The monoisotopic (exact) mass is 410 g/mol. The van der Waals surface area contributed by atoms with Crippen LogP contribution >= 0.6 is 0 Å². The molecule has 0 fully saturated rings. The summed E-state index contributed by atoms with van der Waals surface area (Å²) in [5.41, 5.74) is 2.14. The van der Waals surface area contributed by atoms with Gasteiger partial charge >= 0.3 is 5.69 Å². The van der Waals surface area contributed by atoms with Crippen LogP contribution in [-0.4, -0.2) is 24.4 Å². The number of halogens is 1. The number of hydrazone groups is 1. The van der Waals surface area contributed by atoms with Gasteiger partial charge in [-0.05, 0) is 38.5 Å². The minimum Gasteiger partial charge on any atom is -0.294 e. The van der Waals surface area contributed by atoms with Gasteiger partial charge < -0.3 is 0 Å². The number of fused-ring (bicyclic) bond motifs is 3. The molecule has 0 radical (unpaired) electrons. The van der Waals surface area contributed by atoms with Gasteiger partial charge in [-0.15, -0.1) is 0 Å². The summed E-state index contributed by atoms with van der Waals surface area (Å²) >= 11 is 0. The van der Waals surface area contributed by atoms with Crippen LogP contribution in [0, 0.1) is 5.82 Å². The average Bonchev–Trinajstić information content (AvgIpc) is 3.10. The van der Waals surface area contributed by atoms with Crippen LogP contribution in [0.25, 0.3) is 11.2 Å². The van der Waals surface area contributed by atoms with E-state index in [4.69, 9.17) is 0 Å². The lowest BCUT2D eigenvalue weighted by Crippen LogP contribution is -2.40. The summed E-state index contributed by atoms with van der Waals surface area (Å²) in [7, 11) is 1.60. The number of allylic oxidation sites excluding steroid dienone is 1. The molecule has 0 saturated heterocycles. The molecule has 9 heteroatoms. The van der Waals surface area contributed by atoms with Crippen molar-refractivity contribution in [3.8, 4) is 0 Å². The maximum atomic E-state index is 13.3. The average molecular weight is 410 g/mol. The Balaban J connectivity index is 1.95. The first-order chi connectivity index (χ1) is 14.2. The van der Waals surface area contributed by atoms with Crippen molar-refractivity contribution in [3.05, 3.63) is 68.6 Å². The number of benzene rings is 1. The van der Waals surface area contributed by atoms with Crippen LogP contribution in [0.4, 0.5) is 10.3 Å². The van der Waals surface area contributed by atoms with Crippen molar-refractivity contribution < 1.29 is 4.39 Å². The highest BCUT2D eigenvalue weighted by Gasteiger charge is 2.30. The quantitative estimate of drug-likeness (QED) is 0.620. The van der Waals surface area contributed by atoms with E-state index in [2.05, 4.69) is 16.7 Å². The molecule has 0 saturated carbocycles. The molecule has 0 aliphatic carbocycles. The van der Waals surface area contributed by atoms with E-state index in [1.165, 1.54) is 21.3 Å². The molecular weight excluding hydrogens is 387 g/mol. The second kappa shape index (κ2) is 7.08. The van der Waals surface area contributed by atoms with Crippen molar-refractivity contribution in [2.75, 3.05) is 5.01 Å². The summed E-state index contributed by atoms with van der Waals surface area (Å²) in [5, 5.41) is 6.31. The number of aromatic nitrogens is 4. The normalized spacial score (nSPS) is 16.0. The molecular formula is C21H23FN6O2. The number of rotatable bonds is 4. The van der Waals surface area contributed by atoms with Crippen LogP contribution in [0.15, 0.2) is 51.1 Å². The number of nitrogens with zero attached hydrogens (tertiary/aromatic N) is 6. The second-order valence-corrected chi connectivity index (χ2v) is 7.75. The van der Waals surface area contributed by atoms with E-state index in [9.17, 15) is 14.0 Å². The largest absolute Gasteiger partial charge is 0.332 e. The van der Waals surface area contributed by atoms with Crippen molar-refractivity contribution in [2.45, 2.75) is 39.9 Å². The molecule has 4 rings (SSSR count). The van der Waals surface area contributed by atoms with Gasteiger partial charge in [-0.25, -0.2) is 14.2 Å². The minimum atomic E-state index is -0.443. The molecule has 3 aromatic rings. The molecule has 1 aromatic carbocycles. The van der Waals surface area contributed by atoms with Gasteiger partial charge in [0.15, 0.2) is 11.2 Å². The summed E-state index contributed by atoms with van der Waals surface area (Å²) in [6, 6.07) is 5.93. The van der Waals surface area contributed by atoms with Crippen molar-refractivity contribution >= 4 is 22.8 Å². The van der Waals surface area contributed by atoms with Gasteiger partial charge in [-0.1, -0.05) is 24.3 Å². The topological polar surface area (TPSA) is 77.4 Å². The van der Waals surface area contributed by atoms with E-state index in [1.54, 1.807) is 31.1 Å². The first-order valence-electron chi connectivity index (χ1n) is 9.62. The molecule has 1 atom stereocenters. The number of hydrogen-bond acceptors (Lipinski definition) is 5. The van der Waals surface area contributed by atoms with Gasteiger partial charge in [-0.3, -0.25) is 18.5 Å². The fraction of sp³-hybridized carbons (Fsp3) is 0.333. The molecule has 1 unspecified atom stereocenters. The summed E-state index contributed by atoms with van der Waals surface area (Å²) in [4.78, 5) is 30.6. The highest BCUT2D eigenvalue weighted by molar-refractivity contribution is 5.91. The van der Waals surface area contributed by atoms with Crippen molar-refractivity contribution in [3.63, 3.8) is 0 Å². The van der Waals surface area contributed by atoms with Crippen LogP contribution in [0.2, 0.25) is 0 Å². The smallest absolute Gasteiger partial charge is 0.294 e. The van der Waals surface area contributed by atoms with Gasteiger partial charge in [0.05, 0.1) is 24.8 Å². The number of aryl methyl sites for hydroxylation is 1. The van der Waals surface area contributed by atoms with Gasteiger partial charge in [0.1, 0.15) is 5.82 Å². The Labute approximate surface area is 172 Å². The predicted molar refractivity (Wildman–Crippen MR) is 114 cm³/mol. The molecule has 0 N–H and O–H groups in total. The van der Waals surface area contributed by atoms with Crippen LogP contribution in [0.5, 0.6) is 0 Å². The summed E-state index contributed by atoms with van der Waals surface area (Å²) in [6.45, 7) is 9.90. The SMILES string of the molecule is C=C(C)Cn1c(=O)c2c(nc3n2C(C)C(C)=NN3Cc2ccc(F)cc2)n(C)c1=O. The van der Waals surface area contributed by atoms with E-state index in [0.717, 1.165) is 11.3 Å². The third-order valence-corrected chi connectivity index (χ3v) is 5.33. The standard InChI is InChI=1S/C21H23FN6O2/c1-12(2)10-26-19(29)17-18(25(5)21(26)30)23-20-27(24-13(3)14(4)28(17)20)11-15-6-8-16(22)9-7-15/h6-9,14H,1,10-11H2,2-5H3. The van der Waals surface area contributed by atoms with E-state index in [-0.39, 0.29) is 18.4 Å². The molecule has 0 amide bonds. The second-order valence-electron chi connectivity index (χ2n) is 7.75. The lowest BCUT2D eigenvalue weighted by molar-refractivity contribution is 0.620. The van der Waals surface area contributed by atoms with Gasteiger partial charge in [-0.2, -0.15) is 10.1 Å². The zero-order valence-corrected chi connectivity index (χ0v) is 17.4. The minimum absolute atomic E-state index is 0.142. The van der Waals surface area contributed by atoms with E-state index in [0.29, 0.717) is 29.2 Å². The molecule has 0 spiro atoms. The first kappa shape index (κ1) is 19.8. The molecule has 8 nitrogen and oxygen atoms in total. The van der Waals surface area contributed by atoms with Gasteiger partial charge in [0.2, 0.25) is 5.95 Å². The highest BCUT2D eigenvalue weighted by atomic mass is 19.1. The molecule has 2 aromatic heterocycles. The Morgan fingerprint density at radius 2 is 1.90 bits per heavy atom. The Morgan fingerprint density at radius 1 is 1.23 bits per heavy atom. The summed E-state index contributed by atoms with van der Waals surface area (Å²) in [5.74, 6) is 0.151. The van der Waals surface area contributed by atoms with Crippen LogP contribution in [0.3, 0.4) is 0 Å². The third-order valence-electron chi connectivity index (χ3n) is 5.33. The maximum Gasteiger partial charge on any atom is 0.332 e. The van der Waals surface area contributed by atoms with Gasteiger partial charge in [0.25, 0.3) is 5.56 Å². The van der Waals surface area contributed by atoms with Crippen molar-refractivity contribution in [2.24, 2.45) is 12.1 Å². The van der Waals surface area contributed by atoms with Crippen LogP contribution in [-0.2, 0) is 20.1 Å². The zero-order valence-electron chi connectivity index (χ0n) is 17.4. The molecule has 156 valence electrons. The Kier molecular flexibility index (Phi) is 4.68. The van der Waals surface area contributed by atoms with Crippen LogP contribution < -0.4 is 16.3 Å². The maximum absolute atomic E-state index is 13.3. The predicted octanol–water partition coefficient (Wildman–Crippen LogP) is 2.57. The Morgan fingerprint density at radius 3 is 2.53 bits per heavy atom. The molecule has 30 heavy (non-hydrogen) atoms. The molecule has 0 bridgehead atoms. The summed E-state index contributed by atoms with van der Waals surface area (Å²) in [6.07, 6.45) is 0.